The lowest BCUT2D eigenvalue weighted by Gasteiger charge is -2.21. The fourth-order valence-electron chi connectivity index (χ4n) is 1.74. The molecule has 0 aromatic carbocycles. The van der Waals surface area contributed by atoms with Crippen LogP contribution in [0.1, 0.15) is 32.6 Å². The highest BCUT2D eigenvalue weighted by atomic mass is 16.4. The summed E-state index contributed by atoms with van der Waals surface area (Å²) < 4.78 is 0. The molecule has 10 nitrogen and oxygen atoms in total. The molecule has 0 heterocycles. The SMILES string of the molecule is C[C@H](N)C(=O)N[C@@H](CC(N)=O)C(=O)N[C@@H](CCCCN)C(=O)O. The highest BCUT2D eigenvalue weighted by Crippen LogP contribution is 2.03. The number of nitrogens with two attached hydrogens (primary N) is 3. The quantitative estimate of drug-likeness (QED) is 0.223. The molecule has 9 N–H and O–H groups in total. The second-order valence-corrected chi connectivity index (χ2v) is 5.20. The fraction of sp³-hybridized carbons (Fsp3) is 0.692. The van der Waals surface area contributed by atoms with E-state index in [1.807, 2.05) is 0 Å². The van der Waals surface area contributed by atoms with Gasteiger partial charge in [0.05, 0.1) is 12.5 Å². The van der Waals surface area contributed by atoms with Gasteiger partial charge in [0.25, 0.3) is 0 Å². The number of primary amides is 1. The van der Waals surface area contributed by atoms with Crippen molar-refractivity contribution in [3.63, 3.8) is 0 Å². The second kappa shape index (κ2) is 10.5. The number of hydrogen-bond acceptors (Lipinski definition) is 6. The minimum atomic E-state index is -1.28. The molecule has 0 aliphatic heterocycles. The van der Waals surface area contributed by atoms with Crippen molar-refractivity contribution >= 4 is 23.7 Å². The number of carbonyl (C=O) groups is 4. The molecule has 0 aliphatic rings. The summed E-state index contributed by atoms with van der Waals surface area (Å²) in [4.78, 5) is 45.9. The standard InChI is InChI=1S/C13H25N5O5/c1-7(15)11(20)18-9(6-10(16)19)12(21)17-8(13(22)23)4-2-3-5-14/h7-9H,2-6,14-15H2,1H3,(H2,16,19)(H,17,21)(H,18,20)(H,22,23)/t7-,8-,9-/m0/s1. The summed E-state index contributed by atoms with van der Waals surface area (Å²) in [6, 6.07) is -3.31. The van der Waals surface area contributed by atoms with Gasteiger partial charge in [-0.15, -0.1) is 0 Å². The van der Waals surface area contributed by atoms with E-state index in [9.17, 15) is 19.2 Å². The summed E-state index contributed by atoms with van der Waals surface area (Å²) in [5.41, 5.74) is 15.8. The van der Waals surface area contributed by atoms with Crippen molar-refractivity contribution in [1.82, 2.24) is 10.6 Å². The van der Waals surface area contributed by atoms with Crippen molar-refractivity contribution in [3.05, 3.63) is 0 Å². The number of carboxylic acid groups (broad SMARTS) is 1. The van der Waals surface area contributed by atoms with Gasteiger partial charge in [-0.2, -0.15) is 0 Å². The van der Waals surface area contributed by atoms with Gasteiger partial charge in [-0.1, -0.05) is 0 Å². The molecule has 23 heavy (non-hydrogen) atoms. The maximum atomic E-state index is 12.1. The van der Waals surface area contributed by atoms with Gasteiger partial charge in [0, 0.05) is 0 Å². The maximum absolute atomic E-state index is 12.1. The first-order valence-electron chi connectivity index (χ1n) is 7.26. The minimum absolute atomic E-state index is 0.183. The third-order valence-corrected chi connectivity index (χ3v) is 3.01. The molecule has 0 saturated heterocycles. The summed E-state index contributed by atoms with van der Waals surface area (Å²) in [7, 11) is 0. The van der Waals surface area contributed by atoms with Gasteiger partial charge in [0.2, 0.25) is 17.7 Å². The zero-order valence-corrected chi connectivity index (χ0v) is 13.1. The van der Waals surface area contributed by atoms with Crippen molar-refractivity contribution in [3.8, 4) is 0 Å². The van der Waals surface area contributed by atoms with Gasteiger partial charge >= 0.3 is 5.97 Å². The van der Waals surface area contributed by atoms with Crippen LogP contribution in [0.4, 0.5) is 0 Å². The van der Waals surface area contributed by atoms with Crippen molar-refractivity contribution in [1.29, 1.82) is 0 Å². The molecule has 10 heteroatoms. The Morgan fingerprint density at radius 3 is 2.04 bits per heavy atom. The van der Waals surface area contributed by atoms with Crippen molar-refractivity contribution in [2.24, 2.45) is 17.2 Å². The van der Waals surface area contributed by atoms with E-state index in [0.717, 1.165) is 0 Å². The number of carboxylic acids is 1. The Bertz CT molecular complexity index is 440. The van der Waals surface area contributed by atoms with Crippen LogP contribution in [-0.4, -0.2) is 53.5 Å². The molecule has 0 unspecified atom stereocenters. The molecule has 3 atom stereocenters. The van der Waals surface area contributed by atoms with E-state index in [1.165, 1.54) is 6.92 Å². The van der Waals surface area contributed by atoms with E-state index < -0.39 is 48.2 Å². The van der Waals surface area contributed by atoms with E-state index in [-0.39, 0.29) is 6.42 Å². The van der Waals surface area contributed by atoms with Crippen LogP contribution in [0.3, 0.4) is 0 Å². The number of aliphatic carboxylic acids is 1. The topological polar surface area (TPSA) is 191 Å². The zero-order valence-electron chi connectivity index (χ0n) is 13.1. The summed E-state index contributed by atoms with van der Waals surface area (Å²) in [5, 5.41) is 13.7. The van der Waals surface area contributed by atoms with Crippen LogP contribution in [0.5, 0.6) is 0 Å². The zero-order chi connectivity index (χ0) is 18.0. The predicted molar refractivity (Wildman–Crippen MR) is 81.9 cm³/mol. The Morgan fingerprint density at radius 1 is 1.04 bits per heavy atom. The van der Waals surface area contributed by atoms with E-state index in [1.54, 1.807) is 0 Å². The summed E-state index contributed by atoms with van der Waals surface area (Å²) >= 11 is 0. The van der Waals surface area contributed by atoms with Gasteiger partial charge in [0.15, 0.2) is 0 Å². The monoisotopic (exact) mass is 331 g/mol. The first kappa shape index (κ1) is 20.8. The smallest absolute Gasteiger partial charge is 0.326 e. The normalized spacial score (nSPS) is 14.4. The Hall–Kier alpha value is -2.20. The van der Waals surface area contributed by atoms with Crippen molar-refractivity contribution < 1.29 is 24.3 Å². The summed E-state index contributed by atoms with van der Waals surface area (Å²) in [6.07, 6.45) is 0.856. The Labute approximate surface area is 134 Å². The molecule has 0 saturated carbocycles. The van der Waals surface area contributed by atoms with E-state index in [0.29, 0.717) is 19.4 Å². The molecule has 132 valence electrons. The average molecular weight is 331 g/mol. The molecule has 0 aromatic heterocycles. The molecule has 0 fully saturated rings. The number of hydrogen-bond donors (Lipinski definition) is 6. The van der Waals surface area contributed by atoms with Crippen molar-refractivity contribution in [2.45, 2.75) is 50.7 Å². The molecule has 0 radical (unpaired) electrons. The second-order valence-electron chi connectivity index (χ2n) is 5.20. The average Bonchev–Trinajstić information content (AvgIpc) is 2.44. The summed E-state index contributed by atoms with van der Waals surface area (Å²) in [6.45, 7) is 1.82. The first-order valence-corrected chi connectivity index (χ1v) is 7.26. The predicted octanol–water partition coefficient (Wildman–Crippen LogP) is -2.61. The Balaban J connectivity index is 4.86. The lowest BCUT2D eigenvalue weighted by molar-refractivity contribution is -0.142. The lowest BCUT2D eigenvalue weighted by Crippen LogP contribution is -2.55. The third kappa shape index (κ3) is 8.73. The van der Waals surface area contributed by atoms with Crippen LogP contribution in [0.25, 0.3) is 0 Å². The van der Waals surface area contributed by atoms with E-state index in [4.69, 9.17) is 22.3 Å². The van der Waals surface area contributed by atoms with Crippen LogP contribution in [0.15, 0.2) is 0 Å². The van der Waals surface area contributed by atoms with Gasteiger partial charge < -0.3 is 32.9 Å². The van der Waals surface area contributed by atoms with Gasteiger partial charge in [-0.05, 0) is 32.7 Å². The number of unbranched alkanes of at least 4 members (excludes halogenated alkanes) is 1. The third-order valence-electron chi connectivity index (χ3n) is 3.01. The highest BCUT2D eigenvalue weighted by Gasteiger charge is 2.28. The van der Waals surface area contributed by atoms with Crippen LogP contribution >= 0.6 is 0 Å². The van der Waals surface area contributed by atoms with Gasteiger partial charge in [-0.25, -0.2) is 4.79 Å². The van der Waals surface area contributed by atoms with E-state index >= 15 is 0 Å². The van der Waals surface area contributed by atoms with Crippen LogP contribution in [0.2, 0.25) is 0 Å². The van der Waals surface area contributed by atoms with E-state index in [2.05, 4.69) is 10.6 Å². The Kier molecular flexibility index (Phi) is 9.51. The molecule has 0 aliphatic carbocycles. The fourth-order valence-corrected chi connectivity index (χ4v) is 1.74. The largest absolute Gasteiger partial charge is 0.480 e. The molecule has 0 spiro atoms. The molecular weight excluding hydrogens is 306 g/mol. The minimum Gasteiger partial charge on any atom is -0.480 e. The van der Waals surface area contributed by atoms with Gasteiger partial charge in [-0.3, -0.25) is 14.4 Å². The van der Waals surface area contributed by atoms with Gasteiger partial charge in [0.1, 0.15) is 12.1 Å². The number of amides is 3. The molecule has 0 aromatic rings. The van der Waals surface area contributed by atoms with Crippen LogP contribution in [-0.2, 0) is 19.2 Å². The van der Waals surface area contributed by atoms with Crippen molar-refractivity contribution in [2.75, 3.05) is 6.54 Å². The molecular formula is C13H25N5O5. The van der Waals surface area contributed by atoms with Crippen LogP contribution in [0, 0.1) is 0 Å². The Morgan fingerprint density at radius 2 is 1.61 bits per heavy atom. The molecule has 3 amide bonds. The lowest BCUT2D eigenvalue weighted by atomic mass is 10.1. The maximum Gasteiger partial charge on any atom is 0.326 e. The number of carbonyl (C=O) groups excluding carboxylic acids is 3. The number of rotatable bonds is 11. The van der Waals surface area contributed by atoms with Crippen LogP contribution < -0.4 is 27.8 Å². The first-order chi connectivity index (χ1) is 10.7. The molecule has 0 rings (SSSR count). The summed E-state index contributed by atoms with van der Waals surface area (Å²) in [5.74, 6) is -3.49. The number of nitrogens with one attached hydrogen (secondary N) is 2. The highest BCUT2D eigenvalue weighted by molar-refractivity contribution is 5.94. The molecule has 0 bridgehead atoms.